The molecule has 8 heteroatoms. The third-order valence-corrected chi connectivity index (χ3v) is 6.11. The highest BCUT2D eigenvalue weighted by Gasteiger charge is 2.26. The lowest BCUT2D eigenvalue weighted by Gasteiger charge is -2.26. The van der Waals surface area contributed by atoms with Crippen molar-refractivity contribution < 1.29 is 9.47 Å². The van der Waals surface area contributed by atoms with Crippen LogP contribution in [0.15, 0.2) is 48.8 Å². The van der Waals surface area contributed by atoms with Crippen LogP contribution in [0.2, 0.25) is 0 Å². The van der Waals surface area contributed by atoms with Gasteiger partial charge in [-0.3, -0.25) is 10.1 Å². The Labute approximate surface area is 199 Å². The van der Waals surface area contributed by atoms with Crippen LogP contribution in [0, 0.1) is 12.8 Å². The summed E-state index contributed by atoms with van der Waals surface area (Å²) in [5.74, 6) is 2.25. The molecule has 0 amide bonds. The van der Waals surface area contributed by atoms with Gasteiger partial charge < -0.3 is 19.7 Å². The van der Waals surface area contributed by atoms with E-state index in [0.29, 0.717) is 12.5 Å². The zero-order chi connectivity index (χ0) is 23.5. The molecule has 176 valence electrons. The number of rotatable bonds is 10. The topological polar surface area (TPSA) is 88.2 Å². The van der Waals surface area contributed by atoms with E-state index >= 15 is 0 Å². The number of hydrogen-bond acceptors (Lipinski definition) is 7. The smallest absolute Gasteiger partial charge is 0.125 e. The molecule has 1 aliphatic rings. The Kier molecular flexibility index (Phi) is 6.31. The SMILES string of the molecule is CNCCOc1cc(OC)cc(N(CC2CC2)c2ccc3ncc(-c4cn[nH]c4C)nc3c2)c1. The normalized spacial score (nSPS) is 13.3. The first-order valence-corrected chi connectivity index (χ1v) is 11.7. The second kappa shape index (κ2) is 9.69. The van der Waals surface area contributed by atoms with Gasteiger partial charge in [-0.2, -0.15) is 5.10 Å². The Bertz CT molecular complexity index is 1280. The van der Waals surface area contributed by atoms with Gasteiger partial charge in [-0.25, -0.2) is 4.98 Å². The number of nitrogens with zero attached hydrogens (tertiary/aromatic N) is 4. The standard InChI is InChI=1S/C26H30N6O2/c1-17-23(14-29-31-17)26-15-28-24-7-6-19(12-25(24)30-26)32(16-18-4-5-18)20-10-21(33-3)13-22(11-20)34-9-8-27-2/h6-7,10-15,18,27H,4-5,8-9,16H2,1-3H3,(H,29,31). The Morgan fingerprint density at radius 3 is 2.65 bits per heavy atom. The fourth-order valence-corrected chi connectivity index (χ4v) is 4.01. The Morgan fingerprint density at radius 1 is 1.06 bits per heavy atom. The number of methoxy groups -OCH3 is 1. The van der Waals surface area contributed by atoms with Crippen molar-refractivity contribution in [3.63, 3.8) is 0 Å². The molecule has 2 aromatic carbocycles. The third kappa shape index (κ3) is 4.82. The summed E-state index contributed by atoms with van der Waals surface area (Å²) in [6, 6.07) is 12.3. The highest BCUT2D eigenvalue weighted by Crippen LogP contribution is 2.38. The number of benzene rings is 2. The van der Waals surface area contributed by atoms with Crippen LogP contribution in [-0.2, 0) is 0 Å². The maximum atomic E-state index is 5.97. The molecule has 1 fully saturated rings. The van der Waals surface area contributed by atoms with E-state index in [1.807, 2.05) is 26.1 Å². The van der Waals surface area contributed by atoms with Gasteiger partial charge in [0.15, 0.2) is 0 Å². The van der Waals surface area contributed by atoms with Crippen LogP contribution >= 0.6 is 0 Å². The lowest BCUT2D eigenvalue weighted by molar-refractivity contribution is 0.315. The van der Waals surface area contributed by atoms with E-state index in [4.69, 9.17) is 14.5 Å². The van der Waals surface area contributed by atoms with Gasteiger partial charge in [0.25, 0.3) is 0 Å². The molecule has 2 aromatic heterocycles. The first kappa shape index (κ1) is 22.2. The molecule has 2 heterocycles. The van der Waals surface area contributed by atoms with Gasteiger partial charge in [0.1, 0.15) is 18.1 Å². The summed E-state index contributed by atoms with van der Waals surface area (Å²) >= 11 is 0. The van der Waals surface area contributed by atoms with Crippen LogP contribution in [0.3, 0.4) is 0 Å². The number of hydrogen-bond donors (Lipinski definition) is 2. The van der Waals surface area contributed by atoms with E-state index in [-0.39, 0.29) is 0 Å². The predicted octanol–water partition coefficient (Wildman–Crippen LogP) is 4.48. The summed E-state index contributed by atoms with van der Waals surface area (Å²) in [6.45, 7) is 4.29. The average Bonchev–Trinajstić information content (AvgIpc) is 3.59. The summed E-state index contributed by atoms with van der Waals surface area (Å²) in [5.41, 5.74) is 6.58. The minimum absolute atomic E-state index is 0.591. The monoisotopic (exact) mass is 458 g/mol. The highest BCUT2D eigenvalue weighted by molar-refractivity contribution is 5.83. The fraction of sp³-hybridized carbons (Fsp3) is 0.346. The Balaban J connectivity index is 1.53. The third-order valence-electron chi connectivity index (χ3n) is 6.11. The van der Waals surface area contributed by atoms with Crippen molar-refractivity contribution in [1.29, 1.82) is 0 Å². The number of aromatic amines is 1. The lowest BCUT2D eigenvalue weighted by Crippen LogP contribution is -2.20. The zero-order valence-electron chi connectivity index (χ0n) is 19.8. The number of ether oxygens (including phenoxy) is 2. The molecule has 0 radical (unpaired) electrons. The molecule has 8 nitrogen and oxygen atoms in total. The van der Waals surface area contributed by atoms with Gasteiger partial charge in [0.05, 0.1) is 36.2 Å². The van der Waals surface area contributed by atoms with Crippen molar-refractivity contribution in [2.45, 2.75) is 19.8 Å². The molecule has 1 aliphatic carbocycles. The number of likely N-dealkylation sites (N-methyl/N-ethyl adjacent to an activating group) is 1. The molecule has 0 atom stereocenters. The van der Waals surface area contributed by atoms with Crippen molar-refractivity contribution in [3.05, 3.63) is 54.5 Å². The molecule has 0 spiro atoms. The summed E-state index contributed by atoms with van der Waals surface area (Å²) in [7, 11) is 3.60. The van der Waals surface area contributed by atoms with Crippen molar-refractivity contribution >= 4 is 22.4 Å². The first-order valence-electron chi connectivity index (χ1n) is 11.7. The largest absolute Gasteiger partial charge is 0.497 e. The van der Waals surface area contributed by atoms with E-state index in [2.05, 4.69) is 49.7 Å². The lowest BCUT2D eigenvalue weighted by atomic mass is 10.1. The molecule has 0 aliphatic heterocycles. The number of fused-ring (bicyclic) bond motifs is 1. The number of aryl methyl sites for hydroxylation is 1. The number of aromatic nitrogens is 4. The van der Waals surface area contributed by atoms with Gasteiger partial charge in [-0.15, -0.1) is 0 Å². The zero-order valence-corrected chi connectivity index (χ0v) is 19.8. The van der Waals surface area contributed by atoms with Crippen LogP contribution in [0.25, 0.3) is 22.3 Å². The van der Waals surface area contributed by atoms with Crippen molar-refractivity contribution in [2.24, 2.45) is 5.92 Å². The van der Waals surface area contributed by atoms with Gasteiger partial charge in [-0.1, -0.05) is 0 Å². The number of nitrogens with one attached hydrogen (secondary N) is 2. The number of H-pyrrole nitrogens is 1. The van der Waals surface area contributed by atoms with Crippen molar-refractivity contribution in [1.82, 2.24) is 25.5 Å². The second-order valence-electron chi connectivity index (χ2n) is 8.71. The van der Waals surface area contributed by atoms with Crippen molar-refractivity contribution in [2.75, 3.05) is 38.8 Å². The van der Waals surface area contributed by atoms with E-state index in [1.165, 1.54) is 12.8 Å². The highest BCUT2D eigenvalue weighted by atomic mass is 16.5. The van der Waals surface area contributed by atoms with Gasteiger partial charge in [0.2, 0.25) is 0 Å². The van der Waals surface area contributed by atoms with E-state index < -0.39 is 0 Å². The fourth-order valence-electron chi connectivity index (χ4n) is 4.01. The van der Waals surface area contributed by atoms with Gasteiger partial charge >= 0.3 is 0 Å². The van der Waals surface area contributed by atoms with E-state index in [0.717, 1.165) is 63.9 Å². The van der Waals surface area contributed by atoms with Crippen LogP contribution < -0.4 is 19.7 Å². The molecular weight excluding hydrogens is 428 g/mol. The summed E-state index contributed by atoms with van der Waals surface area (Å²) in [4.78, 5) is 11.9. The van der Waals surface area contributed by atoms with Gasteiger partial charge in [0, 0.05) is 53.9 Å². The van der Waals surface area contributed by atoms with E-state index in [1.54, 1.807) is 19.5 Å². The molecule has 4 aromatic rings. The predicted molar refractivity (Wildman–Crippen MR) is 134 cm³/mol. The molecular formula is C26H30N6O2. The summed E-state index contributed by atoms with van der Waals surface area (Å²) < 4.78 is 11.6. The minimum Gasteiger partial charge on any atom is -0.497 e. The summed E-state index contributed by atoms with van der Waals surface area (Å²) in [5, 5.41) is 10.2. The van der Waals surface area contributed by atoms with Crippen LogP contribution in [-0.4, -0.2) is 54.0 Å². The molecule has 0 bridgehead atoms. The maximum Gasteiger partial charge on any atom is 0.125 e. The second-order valence-corrected chi connectivity index (χ2v) is 8.71. The summed E-state index contributed by atoms with van der Waals surface area (Å²) in [6.07, 6.45) is 6.10. The first-order chi connectivity index (χ1) is 16.6. The molecule has 34 heavy (non-hydrogen) atoms. The van der Waals surface area contributed by atoms with E-state index in [9.17, 15) is 0 Å². The van der Waals surface area contributed by atoms with Crippen LogP contribution in [0.1, 0.15) is 18.5 Å². The average molecular weight is 459 g/mol. The molecule has 2 N–H and O–H groups in total. The number of anilines is 2. The van der Waals surface area contributed by atoms with Crippen LogP contribution in [0.5, 0.6) is 11.5 Å². The Hall–Kier alpha value is -3.65. The molecule has 1 saturated carbocycles. The van der Waals surface area contributed by atoms with Crippen LogP contribution in [0.4, 0.5) is 11.4 Å². The minimum atomic E-state index is 0.591. The maximum absolute atomic E-state index is 5.97. The Morgan fingerprint density at radius 2 is 1.91 bits per heavy atom. The van der Waals surface area contributed by atoms with Gasteiger partial charge in [-0.05, 0) is 50.9 Å². The molecule has 5 rings (SSSR count). The molecule has 0 unspecified atom stereocenters. The quantitative estimate of drug-likeness (QED) is 0.339. The molecule has 0 saturated heterocycles. The van der Waals surface area contributed by atoms with Crippen molar-refractivity contribution in [3.8, 4) is 22.8 Å².